The van der Waals surface area contributed by atoms with E-state index in [1.165, 1.54) is 56.7 Å². The van der Waals surface area contributed by atoms with Gasteiger partial charge in [0.25, 0.3) is 0 Å². The van der Waals surface area contributed by atoms with E-state index in [0.29, 0.717) is 17.7 Å². The van der Waals surface area contributed by atoms with Gasteiger partial charge in [0.15, 0.2) is 5.11 Å². The molecule has 5 heterocycles. The molecule has 0 spiro atoms. The van der Waals surface area contributed by atoms with E-state index in [9.17, 15) is 0 Å². The van der Waals surface area contributed by atoms with Crippen molar-refractivity contribution >= 4 is 23.0 Å². The van der Waals surface area contributed by atoms with Crippen LogP contribution in [-0.2, 0) is 13.0 Å². The molecule has 3 fully saturated rings. The summed E-state index contributed by atoms with van der Waals surface area (Å²) in [7, 11) is 0. The Morgan fingerprint density at radius 3 is 2.90 bits per heavy atom. The van der Waals surface area contributed by atoms with Crippen molar-refractivity contribution in [3.8, 4) is 0 Å². The summed E-state index contributed by atoms with van der Waals surface area (Å²) in [6.45, 7) is 6.42. The lowest BCUT2D eigenvalue weighted by atomic mass is 9.75. The van der Waals surface area contributed by atoms with Crippen LogP contribution in [0, 0.1) is 11.8 Å². The lowest BCUT2D eigenvalue weighted by Gasteiger charge is -2.51. The Labute approximate surface area is 178 Å². The number of hydrogen-bond acceptors (Lipinski definition) is 4. The molecule has 0 aliphatic carbocycles. The van der Waals surface area contributed by atoms with Crippen molar-refractivity contribution in [2.75, 3.05) is 37.6 Å². The quantitative estimate of drug-likeness (QED) is 0.714. The second kappa shape index (κ2) is 8.36. The van der Waals surface area contributed by atoms with Gasteiger partial charge in [-0.1, -0.05) is 18.2 Å². The third kappa shape index (κ3) is 4.14. The van der Waals surface area contributed by atoms with Crippen LogP contribution in [0.2, 0.25) is 0 Å². The van der Waals surface area contributed by atoms with E-state index in [4.69, 9.17) is 16.6 Å². The second-order valence-electron chi connectivity index (χ2n) is 8.66. The zero-order valence-electron chi connectivity index (χ0n) is 16.8. The number of anilines is 1. The summed E-state index contributed by atoms with van der Waals surface area (Å²) in [5, 5.41) is 7.38. The van der Waals surface area contributed by atoms with Crippen LogP contribution in [0.1, 0.15) is 24.2 Å². The lowest BCUT2D eigenvalue weighted by Crippen LogP contribution is -2.58. The molecular formula is C23H30N4OS. The molecule has 2 N–H and O–H groups in total. The van der Waals surface area contributed by atoms with Crippen LogP contribution >= 0.6 is 12.2 Å². The van der Waals surface area contributed by atoms with Crippen LogP contribution in [0.4, 0.5) is 5.69 Å². The van der Waals surface area contributed by atoms with E-state index in [2.05, 4.69) is 44.7 Å². The number of nitrogens with zero attached hydrogens (tertiary/aromatic N) is 2. The lowest BCUT2D eigenvalue weighted by molar-refractivity contribution is 0.00638. The zero-order chi connectivity index (χ0) is 19.6. The van der Waals surface area contributed by atoms with Crippen LogP contribution in [0.5, 0.6) is 0 Å². The van der Waals surface area contributed by atoms with Crippen molar-refractivity contribution in [2.45, 2.75) is 31.8 Å². The fraction of sp³-hybridized carbons (Fsp3) is 0.522. The van der Waals surface area contributed by atoms with E-state index < -0.39 is 0 Å². The number of para-hydroxylation sites is 1. The molecule has 29 heavy (non-hydrogen) atoms. The smallest absolute Gasteiger partial charge is 0.166 e. The van der Waals surface area contributed by atoms with Gasteiger partial charge in [0, 0.05) is 37.9 Å². The van der Waals surface area contributed by atoms with E-state index >= 15 is 0 Å². The van der Waals surface area contributed by atoms with Crippen molar-refractivity contribution in [1.82, 2.24) is 15.5 Å². The highest BCUT2D eigenvalue weighted by Crippen LogP contribution is 2.38. The minimum absolute atomic E-state index is 0.597. The SMILES string of the molecule is S=C(NCc1ccco1)NC[C@H]1C[C@@H]2CCN1C[C@@H]2CN1CCc2ccccc21. The normalized spacial score (nSPS) is 27.7. The van der Waals surface area contributed by atoms with Gasteiger partial charge in [-0.2, -0.15) is 0 Å². The van der Waals surface area contributed by atoms with Crippen molar-refractivity contribution in [3.63, 3.8) is 0 Å². The van der Waals surface area contributed by atoms with Gasteiger partial charge in [-0.3, -0.25) is 4.90 Å². The molecule has 154 valence electrons. The molecule has 1 unspecified atom stereocenters. The van der Waals surface area contributed by atoms with Crippen molar-refractivity contribution in [3.05, 3.63) is 54.0 Å². The maximum Gasteiger partial charge on any atom is 0.166 e. The Kier molecular flexibility index (Phi) is 5.46. The molecule has 0 radical (unpaired) electrons. The number of hydrogen-bond donors (Lipinski definition) is 2. The molecule has 6 heteroatoms. The summed E-state index contributed by atoms with van der Waals surface area (Å²) in [4.78, 5) is 5.32. The first kappa shape index (κ1) is 18.9. The molecule has 6 rings (SSSR count). The number of piperidine rings is 3. The first-order valence-corrected chi connectivity index (χ1v) is 11.3. The number of fused-ring (bicyclic) bond motifs is 4. The molecule has 2 bridgehead atoms. The minimum Gasteiger partial charge on any atom is -0.467 e. The number of benzene rings is 1. The molecule has 3 saturated heterocycles. The zero-order valence-corrected chi connectivity index (χ0v) is 17.7. The number of rotatable bonds is 6. The van der Waals surface area contributed by atoms with Crippen molar-refractivity contribution in [2.24, 2.45) is 11.8 Å². The largest absolute Gasteiger partial charge is 0.467 e. The third-order valence-electron chi connectivity index (χ3n) is 6.95. The van der Waals surface area contributed by atoms with Gasteiger partial charge >= 0.3 is 0 Å². The highest BCUT2D eigenvalue weighted by molar-refractivity contribution is 7.80. The summed E-state index contributed by atoms with van der Waals surface area (Å²) >= 11 is 5.45. The Morgan fingerprint density at radius 1 is 1.14 bits per heavy atom. The van der Waals surface area contributed by atoms with E-state index in [-0.39, 0.29) is 0 Å². The fourth-order valence-corrected chi connectivity index (χ4v) is 5.56. The van der Waals surface area contributed by atoms with Gasteiger partial charge in [0.1, 0.15) is 5.76 Å². The molecule has 2 aromatic rings. The number of furan rings is 1. The summed E-state index contributed by atoms with van der Waals surface area (Å²) in [5.41, 5.74) is 2.99. The first-order chi connectivity index (χ1) is 14.3. The third-order valence-corrected chi connectivity index (χ3v) is 7.24. The number of nitrogens with one attached hydrogen (secondary N) is 2. The maximum absolute atomic E-state index is 5.45. The molecule has 4 aliphatic rings. The van der Waals surface area contributed by atoms with Gasteiger partial charge in [-0.05, 0) is 73.6 Å². The van der Waals surface area contributed by atoms with Gasteiger partial charge in [0.05, 0.1) is 12.8 Å². The molecule has 0 saturated carbocycles. The maximum atomic E-state index is 5.45. The molecule has 1 aromatic heterocycles. The van der Waals surface area contributed by atoms with Gasteiger partial charge in [-0.15, -0.1) is 0 Å². The van der Waals surface area contributed by atoms with Crippen LogP contribution in [0.25, 0.3) is 0 Å². The summed E-state index contributed by atoms with van der Waals surface area (Å²) < 4.78 is 5.34. The van der Waals surface area contributed by atoms with Crippen molar-refractivity contribution < 1.29 is 4.42 Å². The molecule has 0 amide bonds. The Balaban J connectivity index is 1.10. The Bertz CT molecular complexity index is 839. The molecule has 4 aliphatic heterocycles. The Morgan fingerprint density at radius 2 is 2.07 bits per heavy atom. The van der Waals surface area contributed by atoms with Gasteiger partial charge in [-0.25, -0.2) is 0 Å². The van der Waals surface area contributed by atoms with E-state index in [0.717, 1.165) is 24.1 Å². The molecule has 4 atom stereocenters. The van der Waals surface area contributed by atoms with Crippen LogP contribution in [0.3, 0.4) is 0 Å². The average Bonchev–Trinajstić information content (AvgIpc) is 3.42. The highest BCUT2D eigenvalue weighted by atomic mass is 32.1. The Hall–Kier alpha value is -2.05. The summed E-state index contributed by atoms with van der Waals surface area (Å²) in [6.07, 6.45) is 5.52. The molecule has 1 aromatic carbocycles. The fourth-order valence-electron chi connectivity index (χ4n) is 5.40. The average molecular weight is 411 g/mol. The standard InChI is InChI=1S/C23H30N4OS/c29-23(25-14-21-5-3-11-28-21)24-13-20-12-18-8-9-26(20)15-19(18)16-27-10-7-17-4-1-2-6-22(17)27/h1-6,11,18-20H,7-10,12-16H2,(H2,24,25,29)/t18-,19+,20+/m0/s1. The van der Waals surface area contributed by atoms with Crippen LogP contribution < -0.4 is 15.5 Å². The minimum atomic E-state index is 0.597. The predicted molar refractivity (Wildman–Crippen MR) is 120 cm³/mol. The van der Waals surface area contributed by atoms with E-state index in [1.54, 1.807) is 6.26 Å². The monoisotopic (exact) mass is 410 g/mol. The summed E-state index contributed by atoms with van der Waals surface area (Å²) in [6, 6.07) is 13.4. The van der Waals surface area contributed by atoms with Crippen LogP contribution in [0.15, 0.2) is 47.1 Å². The second-order valence-corrected chi connectivity index (χ2v) is 9.07. The van der Waals surface area contributed by atoms with Gasteiger partial charge < -0.3 is 20.0 Å². The van der Waals surface area contributed by atoms with Crippen LogP contribution in [-0.4, -0.2) is 48.8 Å². The number of thiocarbonyl (C=S) groups is 1. The molecular weight excluding hydrogens is 380 g/mol. The van der Waals surface area contributed by atoms with Gasteiger partial charge in [0.2, 0.25) is 0 Å². The predicted octanol–water partition coefficient (Wildman–Crippen LogP) is 3.02. The topological polar surface area (TPSA) is 43.7 Å². The van der Waals surface area contributed by atoms with Crippen molar-refractivity contribution in [1.29, 1.82) is 0 Å². The highest BCUT2D eigenvalue weighted by Gasteiger charge is 2.40. The van der Waals surface area contributed by atoms with E-state index in [1.807, 2.05) is 12.1 Å². The first-order valence-electron chi connectivity index (χ1n) is 10.9. The summed E-state index contributed by atoms with van der Waals surface area (Å²) in [5.74, 6) is 2.53. The molecule has 5 nitrogen and oxygen atoms in total.